The van der Waals surface area contributed by atoms with Gasteiger partial charge in [-0.2, -0.15) is 5.10 Å². The first-order valence-corrected chi connectivity index (χ1v) is 6.15. The molecule has 0 aliphatic heterocycles. The largest absolute Gasteiger partial charge is 0.299 e. The summed E-state index contributed by atoms with van der Waals surface area (Å²) < 4.78 is 1.84. The van der Waals surface area contributed by atoms with Crippen LogP contribution >= 0.6 is 0 Å². The van der Waals surface area contributed by atoms with E-state index in [2.05, 4.69) is 23.3 Å². The van der Waals surface area contributed by atoms with Crippen LogP contribution in [0.1, 0.15) is 25.1 Å². The van der Waals surface area contributed by atoms with Crippen LogP contribution in [0.4, 0.5) is 0 Å². The molecule has 2 aromatic rings. The van der Waals surface area contributed by atoms with Crippen LogP contribution in [0.2, 0.25) is 0 Å². The van der Waals surface area contributed by atoms with Crippen LogP contribution in [0.15, 0.2) is 42.6 Å². The molecule has 0 fully saturated rings. The maximum atomic E-state index is 5.53. The first kappa shape index (κ1) is 12.4. The molecule has 3 heteroatoms. The molecular weight excluding hydrogens is 222 g/mol. The van der Waals surface area contributed by atoms with Gasteiger partial charge < -0.3 is 0 Å². The van der Waals surface area contributed by atoms with Gasteiger partial charge in [0.15, 0.2) is 0 Å². The second-order valence-corrected chi connectivity index (χ2v) is 4.07. The Morgan fingerprint density at radius 3 is 2.78 bits per heavy atom. The summed E-state index contributed by atoms with van der Waals surface area (Å²) in [5.41, 5.74) is 1.92. The minimum Gasteiger partial charge on any atom is -0.299 e. The summed E-state index contributed by atoms with van der Waals surface area (Å²) in [6.45, 7) is 3.01. The third-order valence-electron chi connectivity index (χ3n) is 2.69. The molecule has 3 nitrogen and oxygen atoms in total. The monoisotopic (exact) mass is 239 g/mol. The van der Waals surface area contributed by atoms with E-state index in [0.29, 0.717) is 0 Å². The van der Waals surface area contributed by atoms with Crippen molar-refractivity contribution in [2.24, 2.45) is 0 Å². The normalized spacial score (nSPS) is 12.0. The topological polar surface area (TPSA) is 29.9 Å². The molecule has 0 aliphatic carbocycles. The van der Waals surface area contributed by atoms with Gasteiger partial charge in [0.1, 0.15) is 6.04 Å². The van der Waals surface area contributed by atoms with Crippen molar-refractivity contribution in [3.63, 3.8) is 0 Å². The molecule has 0 saturated carbocycles. The number of nitrogens with one attached hydrogen (secondary N) is 1. The summed E-state index contributed by atoms with van der Waals surface area (Å²) in [7, 11) is 0. The molecule has 0 saturated heterocycles. The highest BCUT2D eigenvalue weighted by Gasteiger charge is 2.10. The number of nitrogens with zero attached hydrogens (tertiary/aromatic N) is 2. The predicted molar refractivity (Wildman–Crippen MR) is 73.4 cm³/mol. The highest BCUT2D eigenvalue weighted by Crippen LogP contribution is 2.12. The minimum atomic E-state index is -0.116. The Kier molecular flexibility index (Phi) is 4.16. The quantitative estimate of drug-likeness (QED) is 0.813. The smallest absolute Gasteiger partial charge is 0.113 e. The highest BCUT2D eigenvalue weighted by molar-refractivity contribution is 5.31. The van der Waals surface area contributed by atoms with E-state index in [4.69, 9.17) is 6.42 Å². The summed E-state index contributed by atoms with van der Waals surface area (Å²) in [4.78, 5) is 0. The van der Waals surface area contributed by atoms with E-state index in [0.717, 1.165) is 24.3 Å². The zero-order chi connectivity index (χ0) is 12.8. The molecule has 18 heavy (non-hydrogen) atoms. The van der Waals surface area contributed by atoms with E-state index >= 15 is 0 Å². The summed E-state index contributed by atoms with van der Waals surface area (Å²) in [6.07, 6.45) is 8.52. The Balaban J connectivity index is 2.17. The number of hydrogen-bond acceptors (Lipinski definition) is 2. The fraction of sp³-hybridized carbons (Fsp3) is 0.267. The first-order valence-electron chi connectivity index (χ1n) is 6.15. The molecular formula is C15H17N3. The number of hydrogen-bond donors (Lipinski definition) is 1. The zero-order valence-electron chi connectivity index (χ0n) is 10.5. The van der Waals surface area contributed by atoms with Crippen molar-refractivity contribution in [1.82, 2.24) is 15.1 Å². The Morgan fingerprint density at radius 1 is 1.33 bits per heavy atom. The maximum absolute atomic E-state index is 5.53. The lowest BCUT2D eigenvalue weighted by atomic mass is 10.2. The van der Waals surface area contributed by atoms with E-state index < -0.39 is 0 Å². The third-order valence-corrected chi connectivity index (χ3v) is 2.69. The molecule has 0 radical (unpaired) electrons. The second kappa shape index (κ2) is 6.04. The van der Waals surface area contributed by atoms with Gasteiger partial charge in [0, 0.05) is 6.20 Å². The van der Waals surface area contributed by atoms with Crippen LogP contribution in [0.5, 0.6) is 0 Å². The molecule has 1 heterocycles. The summed E-state index contributed by atoms with van der Waals surface area (Å²) in [5.74, 6) is 2.73. The standard InChI is InChI=1S/C15H17N3/c1-3-11-16-14(4-2)15-10-12-18(17-15)13-8-6-5-7-9-13/h2,5-10,12,14,16H,3,11H2,1H3. The summed E-state index contributed by atoms with van der Waals surface area (Å²) in [5, 5.41) is 7.80. The van der Waals surface area contributed by atoms with Crippen molar-refractivity contribution in [3.8, 4) is 18.0 Å². The van der Waals surface area contributed by atoms with Crippen LogP contribution in [-0.2, 0) is 0 Å². The van der Waals surface area contributed by atoms with Gasteiger partial charge in [-0.15, -0.1) is 6.42 Å². The number of benzene rings is 1. The van der Waals surface area contributed by atoms with Crippen LogP contribution in [0, 0.1) is 12.3 Å². The second-order valence-electron chi connectivity index (χ2n) is 4.07. The van der Waals surface area contributed by atoms with E-state index in [1.54, 1.807) is 0 Å². The molecule has 0 spiro atoms. The lowest BCUT2D eigenvalue weighted by Crippen LogP contribution is -2.21. The van der Waals surface area contributed by atoms with Crippen molar-refractivity contribution in [2.45, 2.75) is 19.4 Å². The average molecular weight is 239 g/mol. The summed E-state index contributed by atoms with van der Waals surface area (Å²) in [6, 6.07) is 11.8. The van der Waals surface area contributed by atoms with Crippen LogP contribution in [-0.4, -0.2) is 16.3 Å². The van der Waals surface area contributed by atoms with Crippen LogP contribution < -0.4 is 5.32 Å². The van der Waals surface area contributed by atoms with Crippen molar-refractivity contribution in [3.05, 3.63) is 48.3 Å². The number of terminal acetylenes is 1. The van der Waals surface area contributed by atoms with Crippen molar-refractivity contribution in [1.29, 1.82) is 0 Å². The fourth-order valence-corrected chi connectivity index (χ4v) is 1.75. The molecule has 1 unspecified atom stereocenters. The molecule has 2 rings (SSSR count). The van der Waals surface area contributed by atoms with Crippen LogP contribution in [0.25, 0.3) is 5.69 Å². The predicted octanol–water partition coefficient (Wildman–Crippen LogP) is 2.55. The molecule has 1 aromatic carbocycles. The van der Waals surface area contributed by atoms with Gasteiger partial charge in [-0.05, 0) is 31.2 Å². The average Bonchev–Trinajstić information content (AvgIpc) is 2.90. The number of para-hydroxylation sites is 1. The Bertz CT molecular complexity index is 522. The van der Waals surface area contributed by atoms with Gasteiger partial charge in [-0.3, -0.25) is 5.32 Å². The minimum absolute atomic E-state index is 0.116. The molecule has 1 N–H and O–H groups in total. The Morgan fingerprint density at radius 2 is 2.11 bits per heavy atom. The lowest BCUT2D eigenvalue weighted by Gasteiger charge is -2.09. The molecule has 0 aliphatic rings. The maximum Gasteiger partial charge on any atom is 0.113 e. The lowest BCUT2D eigenvalue weighted by molar-refractivity contribution is 0.608. The van der Waals surface area contributed by atoms with Gasteiger partial charge in [0.05, 0.1) is 11.4 Å². The fourth-order valence-electron chi connectivity index (χ4n) is 1.75. The first-order chi connectivity index (χ1) is 8.85. The zero-order valence-corrected chi connectivity index (χ0v) is 10.5. The number of aromatic nitrogens is 2. The van der Waals surface area contributed by atoms with Gasteiger partial charge in [0.25, 0.3) is 0 Å². The number of rotatable bonds is 5. The van der Waals surface area contributed by atoms with E-state index in [-0.39, 0.29) is 6.04 Å². The molecule has 1 aromatic heterocycles. The third kappa shape index (κ3) is 2.79. The Hall–Kier alpha value is -2.05. The highest BCUT2D eigenvalue weighted by atomic mass is 15.3. The molecule has 0 amide bonds. The van der Waals surface area contributed by atoms with Crippen molar-refractivity contribution < 1.29 is 0 Å². The van der Waals surface area contributed by atoms with Crippen molar-refractivity contribution in [2.75, 3.05) is 6.54 Å². The molecule has 0 bridgehead atoms. The molecule has 92 valence electrons. The van der Waals surface area contributed by atoms with Gasteiger partial charge in [0.2, 0.25) is 0 Å². The Labute approximate surface area is 108 Å². The van der Waals surface area contributed by atoms with Crippen molar-refractivity contribution >= 4 is 0 Å². The van der Waals surface area contributed by atoms with E-state index in [9.17, 15) is 0 Å². The van der Waals surface area contributed by atoms with E-state index in [1.807, 2.05) is 47.3 Å². The van der Waals surface area contributed by atoms with E-state index in [1.165, 1.54) is 0 Å². The SMILES string of the molecule is C#CC(NCCC)c1ccn(-c2ccccc2)n1. The van der Waals surface area contributed by atoms with Gasteiger partial charge in [-0.1, -0.05) is 31.0 Å². The van der Waals surface area contributed by atoms with Crippen LogP contribution in [0.3, 0.4) is 0 Å². The van der Waals surface area contributed by atoms with Gasteiger partial charge >= 0.3 is 0 Å². The van der Waals surface area contributed by atoms with Gasteiger partial charge in [-0.25, -0.2) is 4.68 Å². The molecule has 1 atom stereocenters. The summed E-state index contributed by atoms with van der Waals surface area (Å²) >= 11 is 0.